The molecule has 7 heteroatoms. The van der Waals surface area contributed by atoms with Crippen molar-refractivity contribution < 1.29 is 9.66 Å². The fourth-order valence-corrected chi connectivity index (χ4v) is 2.51. The van der Waals surface area contributed by atoms with E-state index in [1.165, 1.54) is 6.07 Å². The largest absolute Gasteiger partial charge is 0.393 e. The van der Waals surface area contributed by atoms with Gasteiger partial charge in [0.1, 0.15) is 5.69 Å². The van der Waals surface area contributed by atoms with Crippen LogP contribution in [0.1, 0.15) is 25.7 Å². The van der Waals surface area contributed by atoms with Crippen LogP contribution in [0.4, 0.5) is 17.1 Å². The third kappa shape index (κ3) is 4.57. The molecule has 0 unspecified atom stereocenters. The molecular weight excluding hydrogens is 272 g/mol. The molecule has 5 N–H and O–H groups in total. The molecule has 0 heterocycles. The van der Waals surface area contributed by atoms with Gasteiger partial charge in [0.15, 0.2) is 0 Å². The number of nitrogens with two attached hydrogens (primary N) is 2. The molecule has 0 atom stereocenters. The highest BCUT2D eigenvalue weighted by Gasteiger charge is 2.18. The van der Waals surface area contributed by atoms with Crippen molar-refractivity contribution >= 4 is 17.1 Å². The van der Waals surface area contributed by atoms with Crippen molar-refractivity contribution in [2.24, 2.45) is 5.73 Å². The summed E-state index contributed by atoms with van der Waals surface area (Å²) >= 11 is 0. The third-order valence-electron chi connectivity index (χ3n) is 3.73. The lowest BCUT2D eigenvalue weighted by molar-refractivity contribution is -0.383. The summed E-state index contributed by atoms with van der Waals surface area (Å²) in [6.45, 7) is 1.23. The Kier molecular flexibility index (Phi) is 5.35. The Hall–Kier alpha value is -1.86. The number of nitrogens with zero attached hydrogens (tertiary/aromatic N) is 1. The second-order valence-corrected chi connectivity index (χ2v) is 5.37. The van der Waals surface area contributed by atoms with E-state index in [9.17, 15) is 10.1 Å². The number of nitrogen functional groups attached to an aromatic ring is 1. The van der Waals surface area contributed by atoms with Crippen LogP contribution in [0.5, 0.6) is 0 Å². The molecule has 2 rings (SSSR count). The van der Waals surface area contributed by atoms with Gasteiger partial charge in [-0.1, -0.05) is 0 Å². The van der Waals surface area contributed by atoms with Gasteiger partial charge in [-0.05, 0) is 37.8 Å². The average molecular weight is 294 g/mol. The summed E-state index contributed by atoms with van der Waals surface area (Å²) in [4.78, 5) is 10.2. The van der Waals surface area contributed by atoms with Crippen LogP contribution in [0.2, 0.25) is 0 Å². The second kappa shape index (κ2) is 7.24. The fraction of sp³-hybridized carbons (Fsp3) is 0.571. The van der Waals surface area contributed by atoms with Gasteiger partial charge in [-0.2, -0.15) is 0 Å². The van der Waals surface area contributed by atoms with Crippen LogP contribution in [0.3, 0.4) is 0 Å². The molecule has 1 aromatic rings. The molecule has 0 amide bonds. The van der Waals surface area contributed by atoms with E-state index in [0.29, 0.717) is 25.3 Å². The van der Waals surface area contributed by atoms with E-state index in [2.05, 4.69) is 5.32 Å². The van der Waals surface area contributed by atoms with Gasteiger partial charge in [0.05, 0.1) is 17.6 Å². The lowest BCUT2D eigenvalue weighted by Crippen LogP contribution is -2.31. The van der Waals surface area contributed by atoms with Crippen molar-refractivity contribution in [3.8, 4) is 0 Å². The minimum Gasteiger partial charge on any atom is -0.393 e. The van der Waals surface area contributed by atoms with Gasteiger partial charge in [0.2, 0.25) is 0 Å². The van der Waals surface area contributed by atoms with E-state index < -0.39 is 4.92 Å². The van der Waals surface area contributed by atoms with Gasteiger partial charge < -0.3 is 21.5 Å². The van der Waals surface area contributed by atoms with E-state index >= 15 is 0 Å². The number of hydrogen-bond acceptors (Lipinski definition) is 6. The lowest BCUT2D eigenvalue weighted by atomic mass is 9.94. The van der Waals surface area contributed by atoms with E-state index in [-0.39, 0.29) is 11.4 Å². The molecule has 1 aliphatic rings. The Labute approximate surface area is 123 Å². The maximum atomic E-state index is 10.7. The van der Waals surface area contributed by atoms with Gasteiger partial charge in [0, 0.05) is 24.3 Å². The molecule has 0 aliphatic heterocycles. The smallest absolute Gasteiger partial charge is 0.292 e. The first-order valence-electron chi connectivity index (χ1n) is 7.21. The fourth-order valence-electron chi connectivity index (χ4n) is 2.51. The van der Waals surface area contributed by atoms with E-state index in [0.717, 1.165) is 31.4 Å². The average Bonchev–Trinajstić information content (AvgIpc) is 2.45. The van der Waals surface area contributed by atoms with Gasteiger partial charge in [-0.15, -0.1) is 0 Å². The van der Waals surface area contributed by atoms with Crippen LogP contribution in [0.25, 0.3) is 0 Å². The number of anilines is 2. The lowest BCUT2D eigenvalue weighted by Gasteiger charge is -2.26. The summed E-state index contributed by atoms with van der Waals surface area (Å²) in [5.41, 5.74) is 12.3. The normalized spacial score (nSPS) is 22.0. The SMILES string of the molecule is Nc1cc(NCCOC2CCC(N)CC2)ccc1[N+](=O)[O-]. The first-order valence-corrected chi connectivity index (χ1v) is 7.21. The maximum Gasteiger partial charge on any atom is 0.292 e. The van der Waals surface area contributed by atoms with Crippen LogP contribution in [-0.4, -0.2) is 30.2 Å². The summed E-state index contributed by atoms with van der Waals surface area (Å²) in [5, 5.41) is 13.8. The summed E-state index contributed by atoms with van der Waals surface area (Å²) in [7, 11) is 0. The van der Waals surface area contributed by atoms with Crippen LogP contribution >= 0.6 is 0 Å². The van der Waals surface area contributed by atoms with Gasteiger partial charge in [-0.25, -0.2) is 0 Å². The Balaban J connectivity index is 1.71. The molecule has 0 aromatic heterocycles. The Bertz CT molecular complexity index is 487. The Morgan fingerprint density at radius 1 is 1.33 bits per heavy atom. The zero-order valence-electron chi connectivity index (χ0n) is 12.0. The predicted octanol–water partition coefficient (Wildman–Crippen LogP) is 1.88. The summed E-state index contributed by atoms with van der Waals surface area (Å²) in [5.74, 6) is 0. The minimum atomic E-state index is -0.490. The topological polar surface area (TPSA) is 116 Å². The molecule has 116 valence electrons. The van der Waals surface area contributed by atoms with Crippen molar-refractivity contribution in [1.29, 1.82) is 0 Å². The summed E-state index contributed by atoms with van der Waals surface area (Å²) in [6, 6.07) is 4.94. The van der Waals surface area contributed by atoms with Gasteiger partial charge in [-0.3, -0.25) is 10.1 Å². The Morgan fingerprint density at radius 2 is 2.05 bits per heavy atom. The molecule has 1 fully saturated rings. The number of rotatable bonds is 6. The molecule has 1 saturated carbocycles. The molecule has 1 aliphatic carbocycles. The Morgan fingerprint density at radius 3 is 2.67 bits per heavy atom. The number of hydrogen-bond donors (Lipinski definition) is 3. The quantitative estimate of drug-likeness (QED) is 0.319. The van der Waals surface area contributed by atoms with E-state index in [4.69, 9.17) is 16.2 Å². The number of nitrogens with one attached hydrogen (secondary N) is 1. The predicted molar refractivity (Wildman–Crippen MR) is 82.2 cm³/mol. The van der Waals surface area contributed by atoms with Crippen molar-refractivity contribution in [2.45, 2.75) is 37.8 Å². The van der Waals surface area contributed by atoms with Crippen LogP contribution in [-0.2, 0) is 4.74 Å². The van der Waals surface area contributed by atoms with E-state index in [1.807, 2.05) is 0 Å². The van der Waals surface area contributed by atoms with Crippen LogP contribution in [0, 0.1) is 10.1 Å². The molecule has 0 bridgehead atoms. The number of ether oxygens (including phenoxy) is 1. The van der Waals surface area contributed by atoms with Crippen molar-refractivity contribution in [3.05, 3.63) is 28.3 Å². The zero-order chi connectivity index (χ0) is 15.2. The van der Waals surface area contributed by atoms with Crippen molar-refractivity contribution in [1.82, 2.24) is 0 Å². The second-order valence-electron chi connectivity index (χ2n) is 5.37. The number of nitro groups is 1. The monoisotopic (exact) mass is 294 g/mol. The molecule has 0 spiro atoms. The van der Waals surface area contributed by atoms with Crippen LogP contribution in [0.15, 0.2) is 18.2 Å². The number of benzene rings is 1. The van der Waals surface area contributed by atoms with Crippen molar-refractivity contribution in [2.75, 3.05) is 24.2 Å². The standard InChI is InChI=1S/C14H22N4O3/c15-10-1-4-12(5-2-10)21-8-7-17-11-3-6-14(18(19)20)13(16)9-11/h3,6,9-10,12,17H,1-2,4-5,7-8,15-16H2. The van der Waals surface area contributed by atoms with E-state index in [1.54, 1.807) is 12.1 Å². The third-order valence-corrected chi connectivity index (χ3v) is 3.73. The molecule has 0 saturated heterocycles. The number of nitro benzene ring substituents is 1. The van der Waals surface area contributed by atoms with Gasteiger partial charge >= 0.3 is 0 Å². The maximum absolute atomic E-state index is 10.7. The summed E-state index contributed by atoms with van der Waals surface area (Å²) < 4.78 is 5.79. The van der Waals surface area contributed by atoms with Gasteiger partial charge in [0.25, 0.3) is 5.69 Å². The first-order chi connectivity index (χ1) is 10.1. The van der Waals surface area contributed by atoms with Crippen LogP contribution < -0.4 is 16.8 Å². The highest BCUT2D eigenvalue weighted by atomic mass is 16.6. The highest BCUT2D eigenvalue weighted by Crippen LogP contribution is 2.24. The zero-order valence-corrected chi connectivity index (χ0v) is 12.0. The molecule has 21 heavy (non-hydrogen) atoms. The summed E-state index contributed by atoms with van der Waals surface area (Å²) in [6.07, 6.45) is 4.39. The molecular formula is C14H22N4O3. The first kappa shape index (κ1) is 15.5. The molecule has 7 nitrogen and oxygen atoms in total. The molecule has 1 aromatic carbocycles. The molecule has 0 radical (unpaired) electrons. The highest BCUT2D eigenvalue weighted by molar-refractivity contribution is 5.65. The minimum absolute atomic E-state index is 0.0738. The van der Waals surface area contributed by atoms with Crippen molar-refractivity contribution in [3.63, 3.8) is 0 Å².